The van der Waals surface area contributed by atoms with E-state index < -0.39 is 5.72 Å². The standard InChI is InChI=1S/C10H22N2O.C6H12O/c1-6-7-8-10(5,13)12-11-9(2,3)4;1-3-4-5-6(2)7/h13H,6-8H2,1-5H3;3-5H2,1-2H3/b12-11+;. The Hall–Kier alpha value is -0.770. The minimum Gasteiger partial charge on any atom is -0.368 e. The molecule has 1 unspecified atom stereocenters. The lowest BCUT2D eigenvalue weighted by molar-refractivity contribution is -0.117. The highest BCUT2D eigenvalue weighted by Gasteiger charge is 2.19. The third kappa shape index (κ3) is 19.6. The van der Waals surface area contributed by atoms with Crippen LogP contribution in [0, 0.1) is 0 Å². The van der Waals surface area contributed by atoms with E-state index in [1.165, 1.54) is 0 Å². The van der Waals surface area contributed by atoms with Crippen molar-refractivity contribution in [3.63, 3.8) is 0 Å². The van der Waals surface area contributed by atoms with Gasteiger partial charge in [0.2, 0.25) is 0 Å². The van der Waals surface area contributed by atoms with Crippen molar-refractivity contribution in [1.29, 1.82) is 0 Å². The number of azo groups is 1. The van der Waals surface area contributed by atoms with E-state index in [0.717, 1.165) is 32.1 Å². The second-order valence-electron chi connectivity index (χ2n) is 6.50. The molecule has 20 heavy (non-hydrogen) atoms. The molecule has 4 heteroatoms. The number of hydrogen-bond donors (Lipinski definition) is 1. The lowest BCUT2D eigenvalue weighted by Gasteiger charge is -2.19. The summed E-state index contributed by atoms with van der Waals surface area (Å²) >= 11 is 0. The summed E-state index contributed by atoms with van der Waals surface area (Å²) in [4.78, 5) is 10.2. The van der Waals surface area contributed by atoms with Crippen molar-refractivity contribution < 1.29 is 9.90 Å². The van der Waals surface area contributed by atoms with E-state index in [0.29, 0.717) is 12.2 Å². The predicted molar refractivity (Wildman–Crippen MR) is 85.0 cm³/mol. The molecule has 0 saturated heterocycles. The first kappa shape index (κ1) is 21.5. The summed E-state index contributed by atoms with van der Waals surface area (Å²) in [6.45, 7) is 13.4. The smallest absolute Gasteiger partial charge is 0.173 e. The molecule has 0 rings (SSSR count). The second kappa shape index (κ2) is 11.0. The third-order valence-corrected chi connectivity index (χ3v) is 2.45. The molecule has 0 aromatic rings. The Morgan fingerprint density at radius 3 is 1.80 bits per heavy atom. The molecule has 0 radical (unpaired) electrons. The molecule has 120 valence electrons. The molecule has 0 aromatic carbocycles. The van der Waals surface area contributed by atoms with Gasteiger partial charge in [0.05, 0.1) is 5.54 Å². The van der Waals surface area contributed by atoms with Crippen molar-refractivity contribution in [2.75, 3.05) is 0 Å². The Morgan fingerprint density at radius 1 is 1.00 bits per heavy atom. The summed E-state index contributed by atoms with van der Waals surface area (Å²) in [6.07, 6.45) is 5.67. The van der Waals surface area contributed by atoms with Gasteiger partial charge in [0, 0.05) is 6.42 Å². The van der Waals surface area contributed by atoms with Crippen LogP contribution in [0.4, 0.5) is 0 Å². The first-order valence-corrected chi connectivity index (χ1v) is 7.70. The van der Waals surface area contributed by atoms with Crippen LogP contribution < -0.4 is 0 Å². The molecule has 0 saturated carbocycles. The minimum atomic E-state index is -0.983. The summed E-state index contributed by atoms with van der Waals surface area (Å²) in [6, 6.07) is 0. The highest BCUT2D eigenvalue weighted by molar-refractivity contribution is 5.75. The van der Waals surface area contributed by atoms with Crippen molar-refractivity contribution in [3.05, 3.63) is 0 Å². The van der Waals surface area contributed by atoms with Crippen molar-refractivity contribution in [2.24, 2.45) is 10.2 Å². The number of rotatable bonds is 7. The maximum atomic E-state index is 10.2. The topological polar surface area (TPSA) is 62.0 Å². The number of unbranched alkanes of at least 4 members (excludes halogenated alkanes) is 2. The van der Waals surface area contributed by atoms with Crippen LogP contribution in [0.3, 0.4) is 0 Å². The number of hydrogen-bond acceptors (Lipinski definition) is 4. The van der Waals surface area contributed by atoms with Gasteiger partial charge in [0.1, 0.15) is 5.78 Å². The monoisotopic (exact) mass is 286 g/mol. The Kier molecular flexibility index (Phi) is 11.8. The average Bonchev–Trinajstić information content (AvgIpc) is 2.32. The van der Waals surface area contributed by atoms with Gasteiger partial charge < -0.3 is 9.90 Å². The second-order valence-corrected chi connectivity index (χ2v) is 6.50. The zero-order valence-electron chi connectivity index (χ0n) is 14.5. The summed E-state index contributed by atoms with van der Waals surface area (Å²) in [5.74, 6) is 0.307. The van der Waals surface area contributed by atoms with Crippen molar-refractivity contribution in [2.45, 2.75) is 98.3 Å². The van der Waals surface area contributed by atoms with Crippen LogP contribution in [0.1, 0.15) is 87.0 Å². The van der Waals surface area contributed by atoms with E-state index in [-0.39, 0.29) is 5.54 Å². The number of carbonyl (C=O) groups excluding carboxylic acids is 1. The van der Waals surface area contributed by atoms with Crippen LogP contribution in [0.25, 0.3) is 0 Å². The lowest BCUT2D eigenvalue weighted by atomic mass is 10.1. The molecular weight excluding hydrogens is 252 g/mol. The van der Waals surface area contributed by atoms with Crippen LogP contribution in [0.5, 0.6) is 0 Å². The highest BCUT2D eigenvalue weighted by atomic mass is 16.3. The predicted octanol–water partition coefficient (Wildman–Crippen LogP) is 4.90. The molecule has 0 aromatic heterocycles. The maximum absolute atomic E-state index is 10.2. The molecule has 0 bridgehead atoms. The van der Waals surface area contributed by atoms with Gasteiger partial charge in [0.15, 0.2) is 5.72 Å². The summed E-state index contributed by atoms with van der Waals surface area (Å²) < 4.78 is 0. The van der Waals surface area contributed by atoms with Crippen molar-refractivity contribution in [1.82, 2.24) is 0 Å². The Labute approximate surface area is 125 Å². The van der Waals surface area contributed by atoms with E-state index in [4.69, 9.17) is 0 Å². The third-order valence-electron chi connectivity index (χ3n) is 2.45. The largest absolute Gasteiger partial charge is 0.368 e. The van der Waals surface area contributed by atoms with Gasteiger partial charge >= 0.3 is 0 Å². The molecule has 0 aliphatic heterocycles. The SMILES string of the molecule is CCCCC(C)(O)/N=N/C(C)(C)C.CCCCC(C)=O. The Morgan fingerprint density at radius 2 is 1.50 bits per heavy atom. The molecule has 1 N–H and O–H groups in total. The normalized spacial score (nSPS) is 14.6. The molecule has 0 amide bonds. The van der Waals surface area contributed by atoms with E-state index >= 15 is 0 Å². The van der Waals surface area contributed by atoms with E-state index in [1.807, 2.05) is 20.8 Å². The quantitative estimate of drug-likeness (QED) is 0.676. The van der Waals surface area contributed by atoms with E-state index in [9.17, 15) is 9.90 Å². The summed E-state index contributed by atoms with van der Waals surface area (Å²) in [5.41, 5.74) is -1.18. The van der Waals surface area contributed by atoms with Gasteiger partial charge in [-0.15, -0.1) is 0 Å². The number of carbonyl (C=O) groups is 1. The van der Waals surface area contributed by atoms with Crippen molar-refractivity contribution in [3.8, 4) is 0 Å². The van der Waals surface area contributed by atoms with E-state index in [2.05, 4.69) is 24.1 Å². The zero-order chi connectivity index (χ0) is 16.2. The lowest BCUT2D eigenvalue weighted by Crippen LogP contribution is -2.22. The molecule has 4 nitrogen and oxygen atoms in total. The summed E-state index contributed by atoms with van der Waals surface area (Å²) in [7, 11) is 0. The molecule has 0 fully saturated rings. The fraction of sp³-hybridized carbons (Fsp3) is 0.938. The van der Waals surface area contributed by atoms with Crippen molar-refractivity contribution >= 4 is 5.78 Å². The van der Waals surface area contributed by atoms with Gasteiger partial charge in [-0.05, 0) is 53.9 Å². The highest BCUT2D eigenvalue weighted by Crippen LogP contribution is 2.18. The van der Waals surface area contributed by atoms with Gasteiger partial charge in [-0.3, -0.25) is 0 Å². The van der Waals surface area contributed by atoms with Gasteiger partial charge in [-0.2, -0.15) is 10.2 Å². The van der Waals surface area contributed by atoms with Crippen LogP contribution in [-0.4, -0.2) is 22.2 Å². The Bertz CT molecular complexity index is 279. The summed E-state index contributed by atoms with van der Waals surface area (Å²) in [5, 5.41) is 17.7. The minimum absolute atomic E-state index is 0.198. The molecule has 0 aliphatic rings. The van der Waals surface area contributed by atoms with Crippen LogP contribution in [-0.2, 0) is 4.79 Å². The fourth-order valence-electron chi connectivity index (χ4n) is 1.25. The molecule has 0 aliphatic carbocycles. The molecule has 0 spiro atoms. The maximum Gasteiger partial charge on any atom is 0.173 e. The van der Waals surface area contributed by atoms with Crippen LogP contribution in [0.15, 0.2) is 10.2 Å². The first-order chi connectivity index (χ1) is 9.04. The van der Waals surface area contributed by atoms with Gasteiger partial charge in [-0.25, -0.2) is 0 Å². The first-order valence-electron chi connectivity index (χ1n) is 7.70. The Balaban J connectivity index is 0. The average molecular weight is 286 g/mol. The number of ketones is 1. The molecule has 0 heterocycles. The van der Waals surface area contributed by atoms with E-state index in [1.54, 1.807) is 13.8 Å². The molecule has 1 atom stereocenters. The molecular formula is C16H34N2O2. The van der Waals surface area contributed by atoms with Crippen LogP contribution in [0.2, 0.25) is 0 Å². The van der Waals surface area contributed by atoms with Gasteiger partial charge in [-0.1, -0.05) is 26.7 Å². The number of Topliss-reactive ketones (excluding diaryl/α,β-unsaturated/α-hetero) is 1. The number of aliphatic hydroxyl groups is 1. The number of nitrogens with zero attached hydrogens (tertiary/aromatic N) is 2. The zero-order valence-corrected chi connectivity index (χ0v) is 14.5. The van der Waals surface area contributed by atoms with Crippen LogP contribution >= 0.6 is 0 Å². The van der Waals surface area contributed by atoms with Gasteiger partial charge in [0.25, 0.3) is 0 Å². The fourth-order valence-corrected chi connectivity index (χ4v) is 1.25.